The van der Waals surface area contributed by atoms with Gasteiger partial charge >= 0.3 is 18.1 Å². The summed E-state index contributed by atoms with van der Waals surface area (Å²) >= 11 is 0. The van der Waals surface area contributed by atoms with Crippen LogP contribution in [-0.4, -0.2) is 62.2 Å². The number of amides is 2. The summed E-state index contributed by atoms with van der Waals surface area (Å²) < 4.78 is 33.4. The molecule has 1 aromatic heterocycles. The van der Waals surface area contributed by atoms with Gasteiger partial charge in [-0.2, -0.15) is 13.2 Å². The number of hydrogen-bond acceptors (Lipinski definition) is 5. The maximum Gasteiger partial charge on any atom is 0.490 e. The van der Waals surface area contributed by atoms with Gasteiger partial charge in [0.2, 0.25) is 11.8 Å². The number of nitrogens with two attached hydrogens (primary N) is 2. The molecule has 1 saturated heterocycles. The van der Waals surface area contributed by atoms with Crippen LogP contribution in [0.25, 0.3) is 10.9 Å². The highest BCUT2D eigenvalue weighted by Crippen LogP contribution is 2.46. The second kappa shape index (κ2) is 12.9. The van der Waals surface area contributed by atoms with E-state index >= 15 is 0 Å². The van der Waals surface area contributed by atoms with Crippen LogP contribution in [-0.2, 0) is 14.4 Å². The molecule has 3 atom stereocenters. The molecular weight excluding hydrogens is 569 g/mol. The van der Waals surface area contributed by atoms with Gasteiger partial charge in [-0.3, -0.25) is 9.59 Å². The lowest BCUT2D eigenvalue weighted by Gasteiger charge is -2.36. The summed E-state index contributed by atoms with van der Waals surface area (Å²) in [6, 6.07) is 17.7. The van der Waals surface area contributed by atoms with E-state index in [9.17, 15) is 32.7 Å². The molecule has 0 radical (unpaired) electrons. The number of likely N-dealkylation sites (tertiary alicyclic amines) is 1. The maximum atomic E-state index is 14.1. The molecule has 1 unspecified atom stereocenters. The van der Waals surface area contributed by atoms with Crippen LogP contribution in [0.2, 0.25) is 0 Å². The standard InChI is InChI=1S/C28H32N4O4.C2HF3O2/c29-16-17-10-12-19(13-11-17)27(34)32-24(15-21(25(32)26(30)33)18-6-2-1-3-7-18)31-22-9-5-4-8-20(22)14-23(31)28(35)36;3-2(4,5)1(6)7/h1-9,14,17,19,21,24-25H,10-13,15-16,29H2,(H2,30,33)(H,35,36);(H,6,7)/t17?,19?,21-,24?,25-;/m0./s1. The van der Waals surface area contributed by atoms with Gasteiger partial charge in [0.1, 0.15) is 17.9 Å². The number of para-hydroxylation sites is 1. The number of rotatable bonds is 6. The molecule has 0 bridgehead atoms. The van der Waals surface area contributed by atoms with E-state index in [1.54, 1.807) is 15.5 Å². The summed E-state index contributed by atoms with van der Waals surface area (Å²) in [6.45, 7) is 0.602. The van der Waals surface area contributed by atoms with Crippen LogP contribution in [0.5, 0.6) is 0 Å². The van der Waals surface area contributed by atoms with Gasteiger partial charge in [0.25, 0.3) is 0 Å². The number of carboxylic acids is 2. The Morgan fingerprint density at radius 3 is 2.02 bits per heavy atom. The molecule has 2 aliphatic rings. The number of hydrogen-bond donors (Lipinski definition) is 4. The van der Waals surface area contributed by atoms with Crippen molar-refractivity contribution in [2.75, 3.05) is 6.54 Å². The first kappa shape index (κ1) is 31.5. The van der Waals surface area contributed by atoms with Crippen LogP contribution in [0.1, 0.15) is 60.2 Å². The topological polar surface area (TPSA) is 169 Å². The Morgan fingerprint density at radius 2 is 1.49 bits per heavy atom. The van der Waals surface area contributed by atoms with E-state index in [0.29, 0.717) is 37.2 Å². The Labute approximate surface area is 245 Å². The molecule has 2 aromatic carbocycles. The van der Waals surface area contributed by atoms with E-state index in [2.05, 4.69) is 0 Å². The number of aliphatic carboxylic acids is 1. The van der Waals surface area contributed by atoms with Crippen molar-refractivity contribution in [3.63, 3.8) is 0 Å². The number of nitrogens with zero attached hydrogens (tertiary/aromatic N) is 2. The number of halogens is 3. The highest BCUT2D eigenvalue weighted by atomic mass is 19.4. The second-order valence-electron chi connectivity index (χ2n) is 10.8. The van der Waals surface area contributed by atoms with E-state index in [1.165, 1.54) is 0 Å². The number of benzene rings is 2. The van der Waals surface area contributed by atoms with Gasteiger partial charge in [-0.05, 0) is 62.3 Å². The van der Waals surface area contributed by atoms with Crippen LogP contribution < -0.4 is 11.5 Å². The van der Waals surface area contributed by atoms with Crippen LogP contribution in [0.4, 0.5) is 13.2 Å². The van der Waals surface area contributed by atoms with Gasteiger partial charge in [-0.1, -0.05) is 48.5 Å². The van der Waals surface area contributed by atoms with Gasteiger partial charge < -0.3 is 31.1 Å². The molecule has 0 spiro atoms. The number of primary amides is 1. The van der Waals surface area contributed by atoms with Crippen molar-refractivity contribution in [1.82, 2.24) is 9.47 Å². The first-order valence-electron chi connectivity index (χ1n) is 13.8. The number of carboxylic acid groups (broad SMARTS) is 2. The van der Waals surface area contributed by atoms with Crippen molar-refractivity contribution in [3.8, 4) is 0 Å². The minimum Gasteiger partial charge on any atom is -0.477 e. The Bertz CT molecular complexity index is 1480. The van der Waals surface area contributed by atoms with Crippen molar-refractivity contribution >= 4 is 34.7 Å². The molecule has 2 fully saturated rings. The van der Waals surface area contributed by atoms with E-state index in [0.717, 1.165) is 23.8 Å². The Morgan fingerprint density at radius 1 is 0.907 bits per heavy atom. The zero-order chi connectivity index (χ0) is 31.5. The first-order chi connectivity index (χ1) is 20.3. The molecule has 2 amide bonds. The molecule has 1 aliphatic heterocycles. The highest BCUT2D eigenvalue weighted by Gasteiger charge is 2.50. The fraction of sp³-hybridized carbons (Fsp3) is 0.400. The minimum atomic E-state index is -5.08. The summed E-state index contributed by atoms with van der Waals surface area (Å²) in [5, 5.41) is 18.0. The van der Waals surface area contributed by atoms with E-state index in [4.69, 9.17) is 21.4 Å². The van der Waals surface area contributed by atoms with Crippen molar-refractivity contribution in [3.05, 3.63) is 71.9 Å². The molecule has 13 heteroatoms. The van der Waals surface area contributed by atoms with Gasteiger partial charge in [0.05, 0.1) is 5.52 Å². The Hall–Kier alpha value is -4.39. The summed E-state index contributed by atoms with van der Waals surface area (Å²) in [5.41, 5.74) is 13.5. The number of carbonyl (C=O) groups excluding carboxylic acids is 2. The third kappa shape index (κ3) is 6.66. The number of aromatic nitrogens is 1. The Kier molecular flexibility index (Phi) is 9.43. The average Bonchev–Trinajstić information content (AvgIpc) is 3.56. The molecule has 3 aromatic rings. The third-order valence-corrected chi connectivity index (χ3v) is 8.28. The van der Waals surface area contributed by atoms with Crippen LogP contribution >= 0.6 is 0 Å². The molecule has 5 rings (SSSR count). The average molecular weight is 603 g/mol. The van der Waals surface area contributed by atoms with Gasteiger partial charge in [0.15, 0.2) is 0 Å². The van der Waals surface area contributed by atoms with E-state index in [1.807, 2.05) is 54.6 Å². The number of alkyl halides is 3. The quantitative estimate of drug-likeness (QED) is 0.329. The summed E-state index contributed by atoms with van der Waals surface area (Å²) in [4.78, 5) is 49.9. The van der Waals surface area contributed by atoms with Crippen LogP contribution in [0.15, 0.2) is 60.7 Å². The van der Waals surface area contributed by atoms with Crippen molar-refractivity contribution in [2.45, 2.75) is 56.4 Å². The second-order valence-corrected chi connectivity index (χ2v) is 10.8. The largest absolute Gasteiger partial charge is 0.490 e. The molecule has 1 aliphatic carbocycles. The summed E-state index contributed by atoms with van der Waals surface area (Å²) in [7, 11) is 0. The van der Waals surface area contributed by atoms with E-state index in [-0.39, 0.29) is 23.4 Å². The normalized spacial score (nSPS) is 23.8. The molecule has 6 N–H and O–H groups in total. The zero-order valence-electron chi connectivity index (χ0n) is 23.1. The molecule has 43 heavy (non-hydrogen) atoms. The Balaban J connectivity index is 0.000000541. The molecular formula is C30H33F3N4O6. The predicted octanol–water partition coefficient (Wildman–Crippen LogP) is 4.11. The monoisotopic (exact) mass is 602 g/mol. The van der Waals surface area contributed by atoms with Gasteiger partial charge in [-0.15, -0.1) is 0 Å². The van der Waals surface area contributed by atoms with Crippen LogP contribution in [0, 0.1) is 11.8 Å². The van der Waals surface area contributed by atoms with Gasteiger partial charge in [-0.25, -0.2) is 9.59 Å². The summed E-state index contributed by atoms with van der Waals surface area (Å²) in [6.07, 6.45) is -2.23. The maximum absolute atomic E-state index is 14.1. The van der Waals surface area contributed by atoms with Crippen molar-refractivity contribution in [2.24, 2.45) is 23.3 Å². The number of aromatic carboxylic acids is 1. The number of fused-ring (bicyclic) bond motifs is 1. The summed E-state index contributed by atoms with van der Waals surface area (Å²) in [5.74, 6) is -4.74. The fourth-order valence-corrected chi connectivity index (χ4v) is 6.23. The molecule has 10 nitrogen and oxygen atoms in total. The first-order valence-corrected chi connectivity index (χ1v) is 13.8. The van der Waals surface area contributed by atoms with Crippen molar-refractivity contribution in [1.29, 1.82) is 0 Å². The predicted molar refractivity (Wildman–Crippen MR) is 150 cm³/mol. The van der Waals surface area contributed by atoms with Crippen LogP contribution in [0.3, 0.4) is 0 Å². The molecule has 230 valence electrons. The van der Waals surface area contributed by atoms with E-state index < -0.39 is 36.2 Å². The molecule has 2 heterocycles. The third-order valence-electron chi connectivity index (χ3n) is 8.28. The smallest absolute Gasteiger partial charge is 0.477 e. The highest BCUT2D eigenvalue weighted by molar-refractivity contribution is 5.95. The van der Waals surface area contributed by atoms with Crippen molar-refractivity contribution < 1.29 is 42.6 Å². The number of carbonyl (C=O) groups is 4. The lowest BCUT2D eigenvalue weighted by atomic mass is 9.81. The fourth-order valence-electron chi connectivity index (χ4n) is 6.23. The SMILES string of the molecule is NCC1CCC(C(=O)N2C(n3c(C(=O)O)cc4ccccc43)C[C@@H](c3ccccc3)[C@H]2C(N)=O)CC1.O=C(O)C(F)(F)F. The van der Waals surface area contributed by atoms with Gasteiger partial charge in [0, 0.05) is 17.2 Å². The minimum absolute atomic E-state index is 0.0859. The lowest BCUT2D eigenvalue weighted by molar-refractivity contribution is -0.192. The lowest BCUT2D eigenvalue weighted by Crippen LogP contribution is -2.50. The molecule has 1 saturated carbocycles. The zero-order valence-corrected chi connectivity index (χ0v) is 23.1.